The number of ether oxygens (including phenoxy) is 1. The van der Waals surface area contributed by atoms with Gasteiger partial charge in [0.1, 0.15) is 0 Å². The van der Waals surface area contributed by atoms with Gasteiger partial charge in [-0.25, -0.2) is 0 Å². The summed E-state index contributed by atoms with van der Waals surface area (Å²) in [4.78, 5) is 14.3. The van der Waals surface area contributed by atoms with Crippen LogP contribution >= 0.6 is 0 Å². The van der Waals surface area contributed by atoms with Crippen LogP contribution in [0.25, 0.3) is 0 Å². The van der Waals surface area contributed by atoms with Crippen LogP contribution in [0.5, 0.6) is 0 Å². The van der Waals surface area contributed by atoms with Crippen molar-refractivity contribution in [3.05, 3.63) is 0 Å². The maximum absolute atomic E-state index is 12.3. The number of rotatable bonds is 8. The largest absolute Gasteiger partial charge is 0.381 e. The van der Waals surface area contributed by atoms with E-state index in [0.29, 0.717) is 18.4 Å². The first kappa shape index (κ1) is 18.7. The molecule has 2 heterocycles. The van der Waals surface area contributed by atoms with Gasteiger partial charge < -0.3 is 15.0 Å². The van der Waals surface area contributed by atoms with E-state index in [0.717, 1.165) is 45.1 Å². The number of hydrogen-bond acceptors (Lipinski definition) is 3. The molecule has 2 fully saturated rings. The Morgan fingerprint density at radius 3 is 2.43 bits per heavy atom. The van der Waals surface area contributed by atoms with Crippen LogP contribution in [0.2, 0.25) is 0 Å². The zero-order valence-corrected chi connectivity index (χ0v) is 15.2. The van der Waals surface area contributed by atoms with Crippen molar-refractivity contribution in [1.29, 1.82) is 0 Å². The monoisotopic (exact) mass is 324 g/mol. The lowest BCUT2D eigenvalue weighted by molar-refractivity contribution is -0.135. The normalized spacial score (nSPS) is 21.1. The minimum absolute atomic E-state index is 0.288. The van der Waals surface area contributed by atoms with Gasteiger partial charge in [0.05, 0.1) is 13.0 Å². The zero-order valence-electron chi connectivity index (χ0n) is 15.2. The van der Waals surface area contributed by atoms with E-state index in [4.69, 9.17) is 4.74 Å². The summed E-state index contributed by atoms with van der Waals surface area (Å²) in [6, 6.07) is 0. The number of carbonyl (C=O) groups is 1. The molecule has 134 valence electrons. The summed E-state index contributed by atoms with van der Waals surface area (Å²) in [6.45, 7) is 10.1. The van der Waals surface area contributed by atoms with E-state index >= 15 is 0 Å². The second-order valence-corrected chi connectivity index (χ2v) is 7.88. The van der Waals surface area contributed by atoms with Crippen LogP contribution in [0.15, 0.2) is 0 Å². The van der Waals surface area contributed by atoms with E-state index in [1.165, 1.54) is 38.5 Å². The fraction of sp³-hybridized carbons (Fsp3) is 0.947. The van der Waals surface area contributed by atoms with Crippen molar-refractivity contribution in [2.24, 2.45) is 11.3 Å². The number of nitrogens with zero attached hydrogens (tertiary/aromatic N) is 1. The maximum atomic E-state index is 12.3. The molecule has 0 saturated carbocycles. The van der Waals surface area contributed by atoms with Gasteiger partial charge in [-0.2, -0.15) is 0 Å². The molecule has 0 bridgehead atoms. The van der Waals surface area contributed by atoms with E-state index < -0.39 is 0 Å². The van der Waals surface area contributed by atoms with E-state index in [9.17, 15) is 4.79 Å². The Morgan fingerprint density at radius 1 is 1.09 bits per heavy atom. The second-order valence-electron chi connectivity index (χ2n) is 7.88. The molecule has 2 aliphatic heterocycles. The highest BCUT2D eigenvalue weighted by molar-refractivity contribution is 5.76. The van der Waals surface area contributed by atoms with E-state index in [1.54, 1.807) is 0 Å². The van der Waals surface area contributed by atoms with Gasteiger partial charge in [-0.15, -0.1) is 0 Å². The van der Waals surface area contributed by atoms with Crippen molar-refractivity contribution in [1.82, 2.24) is 10.2 Å². The lowest BCUT2D eigenvalue weighted by Gasteiger charge is -2.44. The van der Waals surface area contributed by atoms with Gasteiger partial charge in [0.2, 0.25) is 5.91 Å². The number of unbranched alkanes of at least 4 members (excludes halogenated alkanes) is 1. The highest BCUT2D eigenvalue weighted by Crippen LogP contribution is 2.39. The number of hydrogen-bond donors (Lipinski definition) is 1. The van der Waals surface area contributed by atoms with E-state index in [-0.39, 0.29) is 5.91 Å². The van der Waals surface area contributed by atoms with Crippen LogP contribution in [0, 0.1) is 11.3 Å². The topological polar surface area (TPSA) is 41.6 Å². The quantitative estimate of drug-likeness (QED) is 0.697. The van der Waals surface area contributed by atoms with Crippen LogP contribution in [0.3, 0.4) is 0 Å². The molecule has 4 heteroatoms. The summed E-state index contributed by atoms with van der Waals surface area (Å²) in [5.74, 6) is 1.06. The minimum Gasteiger partial charge on any atom is -0.381 e. The van der Waals surface area contributed by atoms with Crippen molar-refractivity contribution in [3.8, 4) is 0 Å². The lowest BCUT2D eigenvalue weighted by Crippen LogP contribution is -2.47. The fourth-order valence-electron chi connectivity index (χ4n) is 3.86. The second kappa shape index (κ2) is 9.63. The molecule has 1 N–H and O–H groups in total. The van der Waals surface area contributed by atoms with Crippen LogP contribution in [0.1, 0.15) is 65.2 Å². The Bertz CT molecular complexity index is 341. The van der Waals surface area contributed by atoms with Crippen LogP contribution in [-0.4, -0.2) is 50.2 Å². The van der Waals surface area contributed by atoms with Crippen LogP contribution < -0.4 is 5.32 Å². The van der Waals surface area contributed by atoms with Gasteiger partial charge >= 0.3 is 0 Å². The molecule has 1 spiro atoms. The molecular formula is C19H36N2O2. The predicted molar refractivity (Wildman–Crippen MR) is 94.5 cm³/mol. The number of nitrogens with one attached hydrogen (secondary N) is 1. The summed E-state index contributed by atoms with van der Waals surface area (Å²) in [5, 5.41) is 3.45. The summed E-state index contributed by atoms with van der Waals surface area (Å²) in [5.41, 5.74) is 0.523. The van der Waals surface area contributed by atoms with Crippen molar-refractivity contribution in [2.75, 3.05) is 39.4 Å². The highest BCUT2D eigenvalue weighted by Gasteiger charge is 2.36. The molecule has 4 nitrogen and oxygen atoms in total. The van der Waals surface area contributed by atoms with Crippen molar-refractivity contribution < 1.29 is 9.53 Å². The molecule has 0 aromatic rings. The molecule has 0 unspecified atom stereocenters. The van der Waals surface area contributed by atoms with Gasteiger partial charge in [0, 0.05) is 19.7 Å². The number of carbonyl (C=O) groups excluding carboxylic acids is 1. The Kier molecular flexibility index (Phi) is 7.84. The zero-order chi connectivity index (χ0) is 16.5. The molecule has 0 atom stereocenters. The first-order valence-electron chi connectivity index (χ1n) is 9.68. The summed E-state index contributed by atoms with van der Waals surface area (Å²) >= 11 is 0. The summed E-state index contributed by atoms with van der Waals surface area (Å²) in [7, 11) is 0. The Hall–Kier alpha value is -0.610. The van der Waals surface area contributed by atoms with Gasteiger partial charge in [0.25, 0.3) is 0 Å². The molecule has 2 aliphatic rings. The standard InChI is InChI=1S/C19H36N2O2/c1-17(2)5-3-4-15-23-16-6-18(22)21-13-9-19(10-14-21)7-11-20-12-8-19/h17,20H,3-16H2,1-2H3. The first-order chi connectivity index (χ1) is 11.1. The number of piperidine rings is 2. The van der Waals surface area contributed by atoms with Crippen LogP contribution in [0.4, 0.5) is 0 Å². The molecular weight excluding hydrogens is 288 g/mol. The molecule has 1 amide bonds. The van der Waals surface area contributed by atoms with E-state index in [1.807, 2.05) is 0 Å². The third kappa shape index (κ3) is 6.42. The Labute approximate surface area is 142 Å². The third-order valence-electron chi connectivity index (χ3n) is 5.62. The smallest absolute Gasteiger partial charge is 0.224 e. The van der Waals surface area contributed by atoms with Crippen LogP contribution in [-0.2, 0) is 9.53 Å². The predicted octanol–water partition coefficient (Wildman–Crippen LogP) is 3.21. The Balaban J connectivity index is 1.53. The highest BCUT2D eigenvalue weighted by atomic mass is 16.5. The first-order valence-corrected chi connectivity index (χ1v) is 9.68. The fourth-order valence-corrected chi connectivity index (χ4v) is 3.86. The molecule has 2 saturated heterocycles. The molecule has 0 radical (unpaired) electrons. The average molecular weight is 325 g/mol. The van der Waals surface area contributed by atoms with Gasteiger partial charge in [-0.3, -0.25) is 4.79 Å². The Morgan fingerprint density at radius 2 is 1.78 bits per heavy atom. The molecule has 23 heavy (non-hydrogen) atoms. The molecule has 0 aliphatic carbocycles. The van der Waals surface area contributed by atoms with Gasteiger partial charge in [-0.05, 0) is 56.5 Å². The summed E-state index contributed by atoms with van der Waals surface area (Å²) in [6.07, 6.45) is 9.13. The molecule has 0 aromatic carbocycles. The van der Waals surface area contributed by atoms with Crippen molar-refractivity contribution in [3.63, 3.8) is 0 Å². The number of amides is 1. The third-order valence-corrected chi connectivity index (χ3v) is 5.62. The van der Waals surface area contributed by atoms with Crippen molar-refractivity contribution >= 4 is 5.91 Å². The van der Waals surface area contributed by atoms with Gasteiger partial charge in [-0.1, -0.05) is 26.7 Å². The van der Waals surface area contributed by atoms with E-state index in [2.05, 4.69) is 24.1 Å². The molecule has 2 rings (SSSR count). The lowest BCUT2D eigenvalue weighted by atomic mass is 9.71. The minimum atomic E-state index is 0.288. The SMILES string of the molecule is CC(C)CCCCOCCC(=O)N1CCC2(CCNCC2)CC1. The maximum Gasteiger partial charge on any atom is 0.224 e. The molecule has 0 aromatic heterocycles. The van der Waals surface area contributed by atoms with Crippen molar-refractivity contribution in [2.45, 2.75) is 65.2 Å². The van der Waals surface area contributed by atoms with Gasteiger partial charge in [0.15, 0.2) is 0 Å². The summed E-state index contributed by atoms with van der Waals surface area (Å²) < 4.78 is 5.63. The average Bonchev–Trinajstić information content (AvgIpc) is 2.55. The number of likely N-dealkylation sites (tertiary alicyclic amines) is 1.